The number of pyridine rings is 1. The number of nitrogens with two attached hydrogens (primary N) is 2. The molecule has 0 fully saturated rings. The fraction of sp³-hybridized carbons (Fsp3) is 0.545. The van der Waals surface area contributed by atoms with E-state index in [1.807, 2.05) is 20.8 Å². The minimum Gasteiger partial charge on any atom is -0.398 e. The molecule has 4 nitrogen and oxygen atoms in total. The molecule has 0 radical (unpaired) electrons. The average molecular weight is 209 g/mol. The molecule has 0 aliphatic carbocycles. The third-order valence-electron chi connectivity index (χ3n) is 2.84. The second kappa shape index (κ2) is 3.79. The van der Waals surface area contributed by atoms with Crippen molar-refractivity contribution in [2.45, 2.75) is 26.4 Å². The number of aliphatic hydroxyl groups is 1. The van der Waals surface area contributed by atoms with E-state index >= 15 is 0 Å². The Hall–Kier alpha value is -1.13. The summed E-state index contributed by atoms with van der Waals surface area (Å²) in [5, 5.41) is 10.6. The number of hydrogen-bond donors (Lipinski definition) is 3. The van der Waals surface area contributed by atoms with Gasteiger partial charge in [0.2, 0.25) is 0 Å². The minimum atomic E-state index is -1.15. The number of rotatable bonds is 2. The van der Waals surface area contributed by atoms with Crippen LogP contribution in [-0.2, 0) is 5.60 Å². The van der Waals surface area contributed by atoms with Crippen molar-refractivity contribution in [1.29, 1.82) is 0 Å². The van der Waals surface area contributed by atoms with E-state index in [9.17, 15) is 5.11 Å². The van der Waals surface area contributed by atoms with E-state index in [2.05, 4.69) is 4.98 Å². The van der Waals surface area contributed by atoms with Gasteiger partial charge in [0, 0.05) is 30.2 Å². The van der Waals surface area contributed by atoms with Gasteiger partial charge >= 0.3 is 0 Å². The maximum Gasteiger partial charge on any atom is 0.110 e. The van der Waals surface area contributed by atoms with E-state index in [0.717, 1.165) is 0 Å². The molecule has 1 atom stereocenters. The van der Waals surface area contributed by atoms with Crippen molar-refractivity contribution in [3.63, 3.8) is 0 Å². The molecule has 0 bridgehead atoms. The highest BCUT2D eigenvalue weighted by Gasteiger charge is 2.41. The third kappa shape index (κ3) is 1.96. The summed E-state index contributed by atoms with van der Waals surface area (Å²) in [6.45, 7) is 5.89. The largest absolute Gasteiger partial charge is 0.398 e. The molecular formula is C11H19N3O. The lowest BCUT2D eigenvalue weighted by Gasteiger charge is -2.40. The van der Waals surface area contributed by atoms with Crippen molar-refractivity contribution in [3.05, 3.63) is 24.0 Å². The molecule has 0 aromatic carbocycles. The molecule has 0 spiro atoms. The zero-order valence-corrected chi connectivity index (χ0v) is 9.49. The van der Waals surface area contributed by atoms with Gasteiger partial charge in [-0.15, -0.1) is 0 Å². The lowest BCUT2D eigenvalue weighted by molar-refractivity contribution is -0.0553. The highest BCUT2D eigenvalue weighted by molar-refractivity contribution is 5.48. The van der Waals surface area contributed by atoms with Crippen LogP contribution in [0.5, 0.6) is 0 Å². The smallest absolute Gasteiger partial charge is 0.110 e. The number of aromatic nitrogens is 1. The second-order valence-corrected chi connectivity index (χ2v) is 4.78. The Balaban J connectivity index is 3.30. The van der Waals surface area contributed by atoms with Crippen molar-refractivity contribution in [2.24, 2.45) is 11.1 Å². The van der Waals surface area contributed by atoms with Crippen LogP contribution < -0.4 is 11.5 Å². The van der Waals surface area contributed by atoms with E-state index in [1.54, 1.807) is 18.5 Å². The molecule has 4 heteroatoms. The number of nitrogens with zero attached hydrogens (tertiary/aromatic N) is 1. The molecule has 15 heavy (non-hydrogen) atoms. The lowest BCUT2D eigenvalue weighted by Crippen LogP contribution is -2.46. The summed E-state index contributed by atoms with van der Waals surface area (Å²) in [5.41, 5.74) is 11.1. The normalized spacial score (nSPS) is 16.1. The first-order chi connectivity index (χ1) is 6.83. The Morgan fingerprint density at radius 3 is 2.40 bits per heavy atom. The molecule has 0 saturated heterocycles. The van der Waals surface area contributed by atoms with Gasteiger partial charge in [0.05, 0.1) is 0 Å². The number of nitrogen functional groups attached to an aromatic ring is 1. The maximum atomic E-state index is 10.6. The van der Waals surface area contributed by atoms with Gasteiger partial charge in [-0.1, -0.05) is 20.8 Å². The maximum absolute atomic E-state index is 10.6. The van der Waals surface area contributed by atoms with Gasteiger partial charge in [-0.2, -0.15) is 0 Å². The van der Waals surface area contributed by atoms with Crippen molar-refractivity contribution in [1.82, 2.24) is 4.98 Å². The van der Waals surface area contributed by atoms with E-state index < -0.39 is 5.60 Å². The van der Waals surface area contributed by atoms with Gasteiger partial charge in [-0.05, 0) is 11.5 Å². The highest BCUT2D eigenvalue weighted by atomic mass is 16.3. The number of hydrogen-bond acceptors (Lipinski definition) is 4. The van der Waals surface area contributed by atoms with Crippen molar-refractivity contribution < 1.29 is 5.11 Å². The van der Waals surface area contributed by atoms with Crippen LogP contribution >= 0.6 is 0 Å². The number of anilines is 1. The van der Waals surface area contributed by atoms with Gasteiger partial charge in [-0.3, -0.25) is 4.98 Å². The highest BCUT2D eigenvalue weighted by Crippen LogP contribution is 2.40. The molecule has 0 aliphatic rings. The summed E-state index contributed by atoms with van der Waals surface area (Å²) in [6, 6.07) is 1.67. The first-order valence-electron chi connectivity index (χ1n) is 4.95. The molecular weight excluding hydrogens is 190 g/mol. The third-order valence-corrected chi connectivity index (χ3v) is 2.84. The van der Waals surface area contributed by atoms with Gasteiger partial charge in [0.25, 0.3) is 0 Å². The molecule has 1 rings (SSSR count). The lowest BCUT2D eigenvalue weighted by atomic mass is 9.72. The monoisotopic (exact) mass is 209 g/mol. The van der Waals surface area contributed by atoms with Crippen LogP contribution in [0.3, 0.4) is 0 Å². The molecule has 1 unspecified atom stereocenters. The Bertz CT molecular complexity index is 346. The summed E-state index contributed by atoms with van der Waals surface area (Å²) in [4.78, 5) is 3.98. The van der Waals surface area contributed by atoms with Crippen molar-refractivity contribution in [3.8, 4) is 0 Å². The molecule has 0 aliphatic heterocycles. The molecule has 1 aromatic rings. The van der Waals surface area contributed by atoms with Crippen molar-refractivity contribution >= 4 is 5.69 Å². The predicted molar refractivity (Wildman–Crippen MR) is 61.1 cm³/mol. The van der Waals surface area contributed by atoms with Crippen LogP contribution in [0, 0.1) is 5.41 Å². The Labute approximate surface area is 90.3 Å². The first-order valence-corrected chi connectivity index (χ1v) is 4.95. The van der Waals surface area contributed by atoms with Gasteiger partial charge in [-0.25, -0.2) is 0 Å². The van der Waals surface area contributed by atoms with E-state index in [-0.39, 0.29) is 12.0 Å². The van der Waals surface area contributed by atoms with Crippen LogP contribution in [0.25, 0.3) is 0 Å². The van der Waals surface area contributed by atoms with Crippen LogP contribution in [0.4, 0.5) is 5.69 Å². The predicted octanol–water partition coefficient (Wildman–Crippen LogP) is 0.856. The van der Waals surface area contributed by atoms with Crippen LogP contribution in [0.15, 0.2) is 18.5 Å². The fourth-order valence-electron chi connectivity index (χ4n) is 1.57. The quantitative estimate of drug-likeness (QED) is 0.674. The zero-order chi connectivity index (χ0) is 11.7. The summed E-state index contributed by atoms with van der Waals surface area (Å²) >= 11 is 0. The first kappa shape index (κ1) is 11.9. The zero-order valence-electron chi connectivity index (χ0n) is 9.49. The second-order valence-electron chi connectivity index (χ2n) is 4.78. The van der Waals surface area contributed by atoms with Crippen LogP contribution in [-0.4, -0.2) is 16.6 Å². The molecule has 5 N–H and O–H groups in total. The molecule has 0 amide bonds. The average Bonchev–Trinajstić information content (AvgIpc) is 2.15. The van der Waals surface area contributed by atoms with E-state index in [1.165, 1.54) is 0 Å². The standard InChI is InChI=1S/C11H19N3O/c1-10(2,3)11(15,7-12)8-6-14-5-4-9(8)13/h4-6,15H,7,12H2,1-3H3,(H2,13,14). The summed E-state index contributed by atoms with van der Waals surface area (Å²) < 4.78 is 0. The SMILES string of the molecule is CC(C)(C)C(O)(CN)c1cnccc1N. The van der Waals surface area contributed by atoms with Crippen LogP contribution in [0.1, 0.15) is 26.3 Å². The van der Waals surface area contributed by atoms with E-state index in [0.29, 0.717) is 11.3 Å². The molecule has 1 heterocycles. The van der Waals surface area contributed by atoms with Gasteiger partial charge in [0.15, 0.2) is 0 Å². The Morgan fingerprint density at radius 1 is 1.40 bits per heavy atom. The summed E-state index contributed by atoms with van der Waals surface area (Å²) in [6.07, 6.45) is 3.17. The molecule has 0 saturated carbocycles. The van der Waals surface area contributed by atoms with Crippen LogP contribution in [0.2, 0.25) is 0 Å². The summed E-state index contributed by atoms with van der Waals surface area (Å²) in [5.74, 6) is 0. The Morgan fingerprint density at radius 2 is 2.00 bits per heavy atom. The van der Waals surface area contributed by atoms with Gasteiger partial charge < -0.3 is 16.6 Å². The molecule has 84 valence electrons. The van der Waals surface area contributed by atoms with Crippen molar-refractivity contribution in [2.75, 3.05) is 12.3 Å². The summed E-state index contributed by atoms with van der Waals surface area (Å²) in [7, 11) is 0. The Kier molecular flexibility index (Phi) is 3.02. The van der Waals surface area contributed by atoms with E-state index in [4.69, 9.17) is 11.5 Å². The minimum absolute atomic E-state index is 0.117. The fourth-order valence-corrected chi connectivity index (χ4v) is 1.57. The molecule has 1 aromatic heterocycles. The van der Waals surface area contributed by atoms with Gasteiger partial charge in [0.1, 0.15) is 5.60 Å². The topological polar surface area (TPSA) is 85.2 Å².